The summed E-state index contributed by atoms with van der Waals surface area (Å²) in [7, 11) is 0. The molecule has 0 saturated carbocycles. The van der Waals surface area contributed by atoms with Gasteiger partial charge in [0.15, 0.2) is 5.13 Å². The molecular formula is C20H17F2N5O2S. The van der Waals surface area contributed by atoms with Gasteiger partial charge < -0.3 is 4.74 Å². The molecule has 7 nitrogen and oxygen atoms in total. The van der Waals surface area contributed by atoms with Crippen LogP contribution in [0.1, 0.15) is 22.2 Å². The smallest absolute Gasteiger partial charge is 0.387 e. The van der Waals surface area contributed by atoms with Crippen molar-refractivity contribution in [2.24, 2.45) is 0 Å². The first-order chi connectivity index (χ1) is 14.4. The van der Waals surface area contributed by atoms with Crippen molar-refractivity contribution in [2.75, 3.05) is 5.32 Å². The molecule has 0 saturated heterocycles. The summed E-state index contributed by atoms with van der Waals surface area (Å²) in [6.07, 6.45) is 0. The number of hydrogen-bond acceptors (Lipinski definition) is 6. The van der Waals surface area contributed by atoms with Crippen LogP contribution >= 0.6 is 11.3 Å². The molecule has 0 bridgehead atoms. The molecule has 0 aliphatic heterocycles. The van der Waals surface area contributed by atoms with Crippen molar-refractivity contribution in [3.8, 4) is 17.0 Å². The molecule has 0 unspecified atom stereocenters. The van der Waals surface area contributed by atoms with E-state index in [0.717, 1.165) is 16.0 Å². The summed E-state index contributed by atoms with van der Waals surface area (Å²) in [6, 6.07) is 11.4. The molecule has 10 heteroatoms. The van der Waals surface area contributed by atoms with Gasteiger partial charge in [0.2, 0.25) is 0 Å². The van der Waals surface area contributed by atoms with Crippen molar-refractivity contribution >= 4 is 33.4 Å². The van der Waals surface area contributed by atoms with E-state index in [1.807, 2.05) is 19.9 Å². The number of hydrogen-bond donors (Lipinski definition) is 1. The number of nitrogens with one attached hydrogen (secondary N) is 1. The number of ether oxygens (including phenoxy) is 1. The molecule has 0 fully saturated rings. The van der Waals surface area contributed by atoms with Gasteiger partial charge in [0.05, 0.1) is 11.2 Å². The minimum Gasteiger partial charge on any atom is -0.435 e. The van der Waals surface area contributed by atoms with Gasteiger partial charge in [0.1, 0.15) is 11.3 Å². The molecule has 4 aromatic rings. The van der Waals surface area contributed by atoms with Gasteiger partial charge in [-0.1, -0.05) is 5.21 Å². The van der Waals surface area contributed by atoms with Crippen LogP contribution in [-0.4, -0.2) is 32.5 Å². The van der Waals surface area contributed by atoms with E-state index >= 15 is 0 Å². The van der Waals surface area contributed by atoms with Gasteiger partial charge in [0, 0.05) is 22.5 Å². The van der Waals surface area contributed by atoms with Crippen molar-refractivity contribution in [3.05, 3.63) is 52.9 Å². The van der Waals surface area contributed by atoms with Crippen LogP contribution in [0.2, 0.25) is 0 Å². The van der Waals surface area contributed by atoms with Gasteiger partial charge in [-0.3, -0.25) is 10.1 Å². The Hall–Kier alpha value is -3.40. The van der Waals surface area contributed by atoms with Gasteiger partial charge in [-0.2, -0.15) is 8.78 Å². The maximum atomic E-state index is 12.7. The largest absolute Gasteiger partial charge is 0.435 e. The fourth-order valence-corrected chi connectivity index (χ4v) is 3.86. The summed E-state index contributed by atoms with van der Waals surface area (Å²) in [5.74, 6) is -0.227. The lowest BCUT2D eigenvalue weighted by Gasteiger charge is -2.05. The molecule has 2 aromatic heterocycles. The minimum absolute atomic E-state index is 0.0746. The second-order valence-corrected chi connectivity index (χ2v) is 7.59. The standard InChI is InChI=1S/C20H17F2N5O2S/c1-3-27-16-9-6-13(10-15(16)25-26-27)18(28)24-20-23-17(11(2)30-20)12-4-7-14(8-5-12)29-19(21)22/h4-10,19H,3H2,1-2H3,(H,23,24,28). The van der Waals surface area contributed by atoms with E-state index in [1.165, 1.54) is 23.5 Å². The lowest BCUT2D eigenvalue weighted by atomic mass is 10.1. The molecule has 1 N–H and O–H groups in total. The summed E-state index contributed by atoms with van der Waals surface area (Å²) >= 11 is 1.33. The van der Waals surface area contributed by atoms with Gasteiger partial charge in [-0.25, -0.2) is 9.67 Å². The van der Waals surface area contributed by atoms with Crippen molar-refractivity contribution < 1.29 is 18.3 Å². The summed E-state index contributed by atoms with van der Waals surface area (Å²) in [6.45, 7) is 1.67. The molecule has 0 radical (unpaired) electrons. The third kappa shape index (κ3) is 3.99. The van der Waals surface area contributed by atoms with E-state index in [4.69, 9.17) is 0 Å². The normalized spacial score (nSPS) is 11.2. The van der Waals surface area contributed by atoms with Gasteiger partial charge in [-0.05, 0) is 56.3 Å². The molecule has 0 atom stereocenters. The van der Waals surface area contributed by atoms with Crippen LogP contribution in [-0.2, 0) is 6.54 Å². The number of amides is 1. The number of anilines is 1. The molecule has 2 aromatic carbocycles. The number of aromatic nitrogens is 4. The number of alkyl halides is 2. The SMILES string of the molecule is CCn1nnc2cc(C(=O)Nc3nc(-c4ccc(OC(F)F)cc4)c(C)s3)ccc21. The molecule has 30 heavy (non-hydrogen) atoms. The molecule has 0 aliphatic carbocycles. The van der Waals surface area contributed by atoms with Gasteiger partial charge in [0.25, 0.3) is 5.91 Å². The number of benzene rings is 2. The van der Waals surface area contributed by atoms with Crippen LogP contribution in [0, 0.1) is 6.92 Å². The number of halogens is 2. The van der Waals surface area contributed by atoms with E-state index in [-0.39, 0.29) is 11.7 Å². The Morgan fingerprint density at radius 2 is 2.00 bits per heavy atom. The molecule has 0 spiro atoms. The quantitative estimate of drug-likeness (QED) is 0.479. The highest BCUT2D eigenvalue weighted by molar-refractivity contribution is 7.16. The number of rotatable bonds is 6. The van der Waals surface area contributed by atoms with Gasteiger partial charge in [-0.15, -0.1) is 16.4 Å². The third-order valence-corrected chi connectivity index (χ3v) is 5.33. The maximum Gasteiger partial charge on any atom is 0.387 e. The molecule has 4 rings (SSSR count). The molecule has 154 valence electrons. The van der Waals surface area contributed by atoms with E-state index in [1.54, 1.807) is 28.9 Å². The fourth-order valence-electron chi connectivity index (χ4n) is 3.03. The molecule has 0 aliphatic rings. The number of carbonyl (C=O) groups excluding carboxylic acids is 1. The Labute approximate surface area is 174 Å². The highest BCUT2D eigenvalue weighted by Gasteiger charge is 2.15. The predicted molar refractivity (Wildman–Crippen MR) is 110 cm³/mol. The minimum atomic E-state index is -2.87. The number of carbonyl (C=O) groups is 1. The third-order valence-electron chi connectivity index (χ3n) is 4.45. The zero-order valence-corrected chi connectivity index (χ0v) is 16.9. The van der Waals surface area contributed by atoms with Crippen molar-refractivity contribution in [1.82, 2.24) is 20.0 Å². The monoisotopic (exact) mass is 429 g/mol. The lowest BCUT2D eigenvalue weighted by molar-refractivity contribution is -0.0498. The van der Waals surface area contributed by atoms with Crippen LogP contribution < -0.4 is 10.1 Å². The van der Waals surface area contributed by atoms with Crippen molar-refractivity contribution in [3.63, 3.8) is 0 Å². The van der Waals surface area contributed by atoms with Gasteiger partial charge >= 0.3 is 6.61 Å². The van der Waals surface area contributed by atoms with Crippen molar-refractivity contribution in [2.45, 2.75) is 27.0 Å². The Kier molecular flexibility index (Phi) is 5.40. The molecular weight excluding hydrogens is 412 g/mol. The first kappa shape index (κ1) is 19.9. The van der Waals surface area contributed by atoms with Crippen LogP contribution in [0.4, 0.5) is 13.9 Å². The van der Waals surface area contributed by atoms with E-state index < -0.39 is 6.61 Å². The number of aryl methyl sites for hydroxylation is 2. The van der Waals surface area contributed by atoms with E-state index in [9.17, 15) is 13.6 Å². The average Bonchev–Trinajstić information content (AvgIpc) is 3.30. The Balaban J connectivity index is 1.52. The zero-order chi connectivity index (χ0) is 21.3. The Morgan fingerprint density at radius 1 is 1.23 bits per heavy atom. The number of thiazole rings is 1. The molecule has 1 amide bonds. The second-order valence-electron chi connectivity index (χ2n) is 6.39. The highest BCUT2D eigenvalue weighted by Crippen LogP contribution is 2.32. The summed E-state index contributed by atoms with van der Waals surface area (Å²) < 4.78 is 30.7. The van der Waals surface area contributed by atoms with Crippen LogP contribution in [0.25, 0.3) is 22.3 Å². The zero-order valence-electron chi connectivity index (χ0n) is 16.1. The second kappa shape index (κ2) is 8.15. The van der Waals surface area contributed by atoms with Crippen LogP contribution in [0.3, 0.4) is 0 Å². The van der Waals surface area contributed by atoms with Crippen molar-refractivity contribution in [1.29, 1.82) is 0 Å². The number of nitrogens with zero attached hydrogens (tertiary/aromatic N) is 4. The maximum absolute atomic E-state index is 12.7. The lowest BCUT2D eigenvalue weighted by Crippen LogP contribution is -2.11. The van der Waals surface area contributed by atoms with E-state index in [0.29, 0.717) is 28.5 Å². The van der Waals surface area contributed by atoms with Crippen LogP contribution in [0.15, 0.2) is 42.5 Å². The summed E-state index contributed by atoms with van der Waals surface area (Å²) in [4.78, 5) is 18.0. The summed E-state index contributed by atoms with van der Waals surface area (Å²) in [5, 5.41) is 11.4. The predicted octanol–water partition coefficient (Wildman–Crippen LogP) is 4.74. The average molecular weight is 429 g/mol. The molecule has 2 heterocycles. The Bertz CT molecular complexity index is 1200. The number of fused-ring (bicyclic) bond motifs is 1. The first-order valence-corrected chi connectivity index (χ1v) is 9.93. The Morgan fingerprint density at radius 3 is 2.70 bits per heavy atom. The van der Waals surface area contributed by atoms with E-state index in [2.05, 4.69) is 25.3 Å². The topological polar surface area (TPSA) is 81.9 Å². The first-order valence-electron chi connectivity index (χ1n) is 9.12. The summed E-state index contributed by atoms with van der Waals surface area (Å²) in [5.41, 5.74) is 3.37. The fraction of sp³-hybridized carbons (Fsp3) is 0.200. The highest BCUT2D eigenvalue weighted by atomic mass is 32.1. The van der Waals surface area contributed by atoms with Crippen LogP contribution in [0.5, 0.6) is 5.75 Å².